The van der Waals surface area contributed by atoms with E-state index in [0.29, 0.717) is 27.8 Å². The summed E-state index contributed by atoms with van der Waals surface area (Å²) in [6.07, 6.45) is 0. The van der Waals surface area contributed by atoms with E-state index in [2.05, 4.69) is 10.4 Å². The summed E-state index contributed by atoms with van der Waals surface area (Å²) in [4.78, 5) is 24.5. The number of ether oxygens (including phenoxy) is 2. The average molecular weight is 434 g/mol. The Kier molecular flexibility index (Phi) is 6.41. The molecule has 0 atom stereocenters. The largest absolute Gasteiger partial charge is 0.495 e. The highest BCUT2D eigenvalue weighted by atomic mass is 35.5. The van der Waals surface area contributed by atoms with Gasteiger partial charge in [0, 0.05) is 5.69 Å². The molecule has 1 aromatic heterocycles. The number of rotatable bonds is 6. The molecule has 7 nitrogen and oxygen atoms in total. The van der Waals surface area contributed by atoms with Crippen molar-refractivity contribution in [3.63, 3.8) is 0 Å². The molecule has 0 saturated carbocycles. The molecule has 0 aliphatic rings. The SMILES string of the molecule is COc1ccc(NC(=O)COC(=O)c2c(C)nn(-c3ccccc3)c2Cl)cc1Cl. The van der Waals surface area contributed by atoms with Crippen molar-refractivity contribution in [2.24, 2.45) is 0 Å². The number of aromatic nitrogens is 2. The number of hydrogen-bond donors (Lipinski definition) is 1. The highest BCUT2D eigenvalue weighted by Gasteiger charge is 2.23. The van der Waals surface area contributed by atoms with Crippen LogP contribution in [0.15, 0.2) is 48.5 Å². The number of carbonyl (C=O) groups excluding carboxylic acids is 2. The molecule has 0 aliphatic carbocycles. The van der Waals surface area contributed by atoms with Crippen molar-refractivity contribution in [1.82, 2.24) is 9.78 Å². The van der Waals surface area contributed by atoms with Gasteiger partial charge in [0.15, 0.2) is 6.61 Å². The van der Waals surface area contributed by atoms with Crippen LogP contribution in [0, 0.1) is 6.92 Å². The number of amides is 1. The molecule has 29 heavy (non-hydrogen) atoms. The number of carbonyl (C=O) groups is 2. The Hall–Kier alpha value is -3.03. The fourth-order valence-electron chi connectivity index (χ4n) is 2.62. The van der Waals surface area contributed by atoms with Gasteiger partial charge < -0.3 is 14.8 Å². The molecule has 150 valence electrons. The van der Waals surface area contributed by atoms with Crippen LogP contribution in [-0.4, -0.2) is 35.4 Å². The first-order valence-electron chi connectivity index (χ1n) is 8.51. The topological polar surface area (TPSA) is 82.4 Å². The number of nitrogens with zero attached hydrogens (tertiary/aromatic N) is 2. The smallest absolute Gasteiger partial charge is 0.343 e. The second kappa shape index (κ2) is 8.98. The second-order valence-corrected chi connectivity index (χ2v) is 6.74. The van der Waals surface area contributed by atoms with Gasteiger partial charge in [-0.15, -0.1) is 0 Å². The summed E-state index contributed by atoms with van der Waals surface area (Å²) in [5.74, 6) is -0.780. The lowest BCUT2D eigenvalue weighted by Crippen LogP contribution is -2.21. The van der Waals surface area contributed by atoms with Crippen molar-refractivity contribution in [3.05, 3.63) is 70.0 Å². The summed E-state index contributed by atoms with van der Waals surface area (Å²) in [6.45, 7) is 1.15. The second-order valence-electron chi connectivity index (χ2n) is 5.97. The molecule has 0 bridgehead atoms. The van der Waals surface area contributed by atoms with E-state index in [1.54, 1.807) is 31.2 Å². The van der Waals surface area contributed by atoms with Crippen LogP contribution >= 0.6 is 23.2 Å². The molecular weight excluding hydrogens is 417 g/mol. The third-order valence-corrected chi connectivity index (χ3v) is 4.62. The van der Waals surface area contributed by atoms with Crippen LogP contribution in [-0.2, 0) is 9.53 Å². The van der Waals surface area contributed by atoms with Gasteiger partial charge in [-0.2, -0.15) is 5.10 Å². The van der Waals surface area contributed by atoms with Gasteiger partial charge in [0.1, 0.15) is 16.5 Å². The number of nitrogens with one attached hydrogen (secondary N) is 1. The van der Waals surface area contributed by atoms with Crippen molar-refractivity contribution < 1.29 is 19.1 Å². The Labute approximate surface area is 177 Å². The van der Waals surface area contributed by atoms with Crippen LogP contribution in [0.4, 0.5) is 5.69 Å². The number of para-hydroxylation sites is 1. The minimum Gasteiger partial charge on any atom is -0.495 e. The molecule has 0 unspecified atom stereocenters. The molecule has 1 amide bonds. The standard InChI is InChI=1S/C20H17Cl2N3O4/c1-12-18(19(22)25(24-12)14-6-4-3-5-7-14)20(27)29-11-17(26)23-13-8-9-16(28-2)15(21)10-13/h3-10H,11H2,1-2H3,(H,23,26). The van der Waals surface area contributed by atoms with Crippen molar-refractivity contribution in [2.75, 3.05) is 19.0 Å². The molecular formula is C20H17Cl2N3O4. The minimum absolute atomic E-state index is 0.107. The summed E-state index contributed by atoms with van der Waals surface area (Å²) < 4.78 is 11.6. The van der Waals surface area contributed by atoms with Gasteiger partial charge in [0.25, 0.3) is 5.91 Å². The van der Waals surface area contributed by atoms with E-state index in [9.17, 15) is 9.59 Å². The first kappa shape index (κ1) is 20.7. The maximum absolute atomic E-state index is 12.4. The number of aryl methyl sites for hydroxylation is 1. The molecule has 0 radical (unpaired) electrons. The van der Waals surface area contributed by atoms with Crippen LogP contribution in [0.25, 0.3) is 5.69 Å². The van der Waals surface area contributed by atoms with Crippen molar-refractivity contribution in [2.45, 2.75) is 6.92 Å². The number of anilines is 1. The number of hydrogen-bond acceptors (Lipinski definition) is 5. The Morgan fingerprint density at radius 3 is 2.52 bits per heavy atom. The molecule has 1 heterocycles. The summed E-state index contributed by atoms with van der Waals surface area (Å²) in [7, 11) is 1.49. The van der Waals surface area contributed by atoms with Gasteiger partial charge in [0.2, 0.25) is 0 Å². The monoisotopic (exact) mass is 433 g/mol. The van der Waals surface area contributed by atoms with Crippen molar-refractivity contribution in [3.8, 4) is 11.4 Å². The summed E-state index contributed by atoms with van der Waals surface area (Å²) in [5.41, 5.74) is 1.65. The number of halogens is 2. The van der Waals surface area contributed by atoms with Crippen molar-refractivity contribution >= 4 is 40.8 Å². The zero-order chi connectivity index (χ0) is 21.0. The third-order valence-electron chi connectivity index (χ3n) is 3.98. The molecule has 0 spiro atoms. The van der Waals surface area contributed by atoms with Crippen LogP contribution in [0.3, 0.4) is 0 Å². The zero-order valence-corrected chi connectivity index (χ0v) is 17.1. The molecule has 1 N–H and O–H groups in total. The van der Waals surface area contributed by atoms with Gasteiger partial charge in [-0.25, -0.2) is 9.48 Å². The molecule has 2 aromatic carbocycles. The Bertz CT molecular complexity index is 1050. The number of benzene rings is 2. The predicted molar refractivity (Wildman–Crippen MR) is 110 cm³/mol. The number of methoxy groups -OCH3 is 1. The maximum Gasteiger partial charge on any atom is 0.343 e. The van der Waals surface area contributed by atoms with E-state index >= 15 is 0 Å². The fraction of sp³-hybridized carbons (Fsp3) is 0.150. The summed E-state index contributed by atoms with van der Waals surface area (Å²) in [6, 6.07) is 13.9. The average Bonchev–Trinajstić information content (AvgIpc) is 3.01. The molecule has 9 heteroatoms. The third kappa shape index (κ3) is 4.70. The van der Waals surface area contributed by atoms with E-state index in [-0.39, 0.29) is 10.7 Å². The van der Waals surface area contributed by atoms with E-state index < -0.39 is 18.5 Å². The fourth-order valence-corrected chi connectivity index (χ4v) is 3.22. The molecule has 3 aromatic rings. The summed E-state index contributed by atoms with van der Waals surface area (Å²) >= 11 is 12.3. The van der Waals surface area contributed by atoms with Crippen LogP contribution in [0.2, 0.25) is 10.2 Å². The van der Waals surface area contributed by atoms with Crippen LogP contribution in [0.5, 0.6) is 5.75 Å². The van der Waals surface area contributed by atoms with E-state index in [0.717, 1.165) is 0 Å². The Balaban J connectivity index is 1.66. The predicted octanol–water partition coefficient (Wildman–Crippen LogP) is 4.29. The van der Waals surface area contributed by atoms with Gasteiger partial charge in [0.05, 0.1) is 23.5 Å². The van der Waals surface area contributed by atoms with Crippen LogP contribution < -0.4 is 10.1 Å². The molecule has 0 aliphatic heterocycles. The summed E-state index contributed by atoms with van der Waals surface area (Å²) in [5, 5.41) is 7.33. The minimum atomic E-state index is -0.738. The Morgan fingerprint density at radius 2 is 1.86 bits per heavy atom. The van der Waals surface area contributed by atoms with E-state index in [4.69, 9.17) is 32.7 Å². The van der Waals surface area contributed by atoms with Gasteiger partial charge in [-0.05, 0) is 37.3 Å². The molecule has 0 saturated heterocycles. The van der Waals surface area contributed by atoms with Gasteiger partial charge in [-0.3, -0.25) is 4.79 Å². The number of esters is 1. The normalized spacial score (nSPS) is 10.5. The van der Waals surface area contributed by atoms with Gasteiger partial charge in [-0.1, -0.05) is 41.4 Å². The highest BCUT2D eigenvalue weighted by Crippen LogP contribution is 2.27. The first-order chi connectivity index (χ1) is 13.9. The lowest BCUT2D eigenvalue weighted by Gasteiger charge is -2.09. The highest BCUT2D eigenvalue weighted by molar-refractivity contribution is 6.33. The van der Waals surface area contributed by atoms with Gasteiger partial charge >= 0.3 is 5.97 Å². The zero-order valence-electron chi connectivity index (χ0n) is 15.6. The quantitative estimate of drug-likeness (QED) is 0.586. The van der Waals surface area contributed by atoms with Crippen molar-refractivity contribution in [1.29, 1.82) is 0 Å². The molecule has 3 rings (SSSR count). The van der Waals surface area contributed by atoms with Crippen LogP contribution in [0.1, 0.15) is 16.1 Å². The lowest BCUT2D eigenvalue weighted by atomic mass is 10.2. The van der Waals surface area contributed by atoms with E-state index in [1.807, 2.05) is 18.2 Å². The Morgan fingerprint density at radius 1 is 1.14 bits per heavy atom. The maximum atomic E-state index is 12.4. The lowest BCUT2D eigenvalue weighted by molar-refractivity contribution is -0.119. The molecule has 0 fully saturated rings. The first-order valence-corrected chi connectivity index (χ1v) is 9.27. The van der Waals surface area contributed by atoms with E-state index in [1.165, 1.54) is 17.9 Å².